The molecule has 2 aromatic carbocycles. The number of nitrogens with one attached hydrogen (secondary N) is 1. The van der Waals surface area contributed by atoms with Gasteiger partial charge in [0.1, 0.15) is 0 Å². The number of rotatable bonds is 10. The van der Waals surface area contributed by atoms with Crippen molar-refractivity contribution in [2.24, 2.45) is 5.92 Å². The molecule has 2 heterocycles. The van der Waals surface area contributed by atoms with Crippen molar-refractivity contribution in [3.63, 3.8) is 0 Å². The molecule has 186 valence electrons. The highest BCUT2D eigenvalue weighted by Gasteiger charge is 2.26. The van der Waals surface area contributed by atoms with Crippen LogP contribution in [-0.2, 0) is 17.1 Å². The summed E-state index contributed by atoms with van der Waals surface area (Å²) in [5.74, 6) is 3.11. The van der Waals surface area contributed by atoms with Gasteiger partial charge in [0.15, 0.2) is 0 Å². The van der Waals surface area contributed by atoms with Crippen LogP contribution in [0, 0.1) is 12.8 Å². The molecule has 3 aromatic rings. The summed E-state index contributed by atoms with van der Waals surface area (Å²) in [4.78, 5) is 19.4. The molecule has 1 aliphatic heterocycles. The van der Waals surface area contributed by atoms with Gasteiger partial charge in [0.25, 0.3) is 0 Å². The summed E-state index contributed by atoms with van der Waals surface area (Å²) < 4.78 is 5.45. The summed E-state index contributed by atoms with van der Waals surface area (Å²) in [5, 5.41) is 8.23. The maximum atomic E-state index is 12.7. The van der Waals surface area contributed by atoms with E-state index in [1.54, 1.807) is 18.2 Å². The number of amides is 1. The molecule has 0 bridgehead atoms. The van der Waals surface area contributed by atoms with Crippen LogP contribution in [0.15, 0.2) is 47.0 Å². The standard InChI is InChI=1S/C26H30Cl2N4O2S/c1-18-5-2-6-19(13-18)17-35-12-4-10-29-26(33)20-7-3-11-32(15-20)16-24-30-25(31-34-24)22-9-8-21(27)14-23(22)28/h2,5-6,8-9,13-14,20H,3-4,7,10-12,15-17H2,1H3,(H,29,33). The summed E-state index contributed by atoms with van der Waals surface area (Å²) in [6.45, 7) is 4.93. The normalized spacial score (nSPS) is 16.4. The molecule has 1 amide bonds. The highest BCUT2D eigenvalue weighted by atomic mass is 35.5. The number of carbonyl (C=O) groups excluding carboxylic acids is 1. The predicted octanol–water partition coefficient (Wildman–Crippen LogP) is 6.00. The summed E-state index contributed by atoms with van der Waals surface area (Å²) >= 11 is 14.1. The first-order valence-electron chi connectivity index (χ1n) is 11.9. The third-order valence-electron chi connectivity index (χ3n) is 5.99. The molecule has 35 heavy (non-hydrogen) atoms. The largest absolute Gasteiger partial charge is 0.356 e. The van der Waals surface area contributed by atoms with E-state index in [1.807, 2.05) is 11.8 Å². The van der Waals surface area contributed by atoms with Gasteiger partial charge in [0.05, 0.1) is 17.5 Å². The average molecular weight is 534 g/mol. The van der Waals surface area contributed by atoms with Gasteiger partial charge in [-0.15, -0.1) is 0 Å². The van der Waals surface area contributed by atoms with Crippen molar-refractivity contribution < 1.29 is 9.32 Å². The highest BCUT2D eigenvalue weighted by Crippen LogP contribution is 2.28. The maximum absolute atomic E-state index is 12.7. The van der Waals surface area contributed by atoms with Crippen LogP contribution in [0.3, 0.4) is 0 Å². The van der Waals surface area contributed by atoms with Crippen LogP contribution in [0.25, 0.3) is 11.4 Å². The van der Waals surface area contributed by atoms with E-state index in [2.05, 4.69) is 51.5 Å². The Kier molecular flexibility index (Phi) is 9.49. The minimum Gasteiger partial charge on any atom is -0.356 e. The van der Waals surface area contributed by atoms with Crippen molar-refractivity contribution in [2.75, 3.05) is 25.4 Å². The SMILES string of the molecule is Cc1cccc(CSCCCNC(=O)C2CCCN(Cc3nc(-c4ccc(Cl)cc4Cl)no3)C2)c1. The monoisotopic (exact) mass is 532 g/mol. The quantitative estimate of drug-likeness (QED) is 0.322. The van der Waals surface area contributed by atoms with Gasteiger partial charge in [-0.3, -0.25) is 9.69 Å². The molecule has 0 spiro atoms. The van der Waals surface area contributed by atoms with Crippen LogP contribution < -0.4 is 5.32 Å². The van der Waals surface area contributed by atoms with Gasteiger partial charge in [0.2, 0.25) is 17.6 Å². The van der Waals surface area contributed by atoms with Crippen molar-refractivity contribution >= 4 is 40.9 Å². The molecule has 0 radical (unpaired) electrons. The molecule has 1 atom stereocenters. The van der Waals surface area contributed by atoms with Gasteiger partial charge in [-0.25, -0.2) is 0 Å². The van der Waals surface area contributed by atoms with Crippen LogP contribution in [0.2, 0.25) is 10.0 Å². The molecular weight excluding hydrogens is 503 g/mol. The maximum Gasteiger partial charge on any atom is 0.241 e. The molecule has 1 aromatic heterocycles. The summed E-state index contributed by atoms with van der Waals surface area (Å²) in [6.07, 6.45) is 2.84. The summed E-state index contributed by atoms with van der Waals surface area (Å²) in [7, 11) is 0. The van der Waals surface area contributed by atoms with E-state index in [9.17, 15) is 4.79 Å². The van der Waals surface area contributed by atoms with E-state index >= 15 is 0 Å². The Morgan fingerprint density at radius 2 is 2.14 bits per heavy atom. The lowest BCUT2D eigenvalue weighted by Gasteiger charge is -2.30. The molecule has 0 aliphatic carbocycles. The predicted molar refractivity (Wildman–Crippen MR) is 143 cm³/mol. The molecule has 0 saturated carbocycles. The number of carbonyl (C=O) groups is 1. The minimum atomic E-state index is -0.0169. The number of nitrogens with zero attached hydrogens (tertiary/aromatic N) is 3. The first kappa shape index (κ1) is 26.0. The summed E-state index contributed by atoms with van der Waals surface area (Å²) in [6, 6.07) is 13.8. The van der Waals surface area contributed by atoms with Gasteiger partial charge in [0, 0.05) is 29.4 Å². The lowest BCUT2D eigenvalue weighted by molar-refractivity contribution is -0.126. The second kappa shape index (κ2) is 12.8. The van der Waals surface area contributed by atoms with Crippen LogP contribution in [0.1, 0.15) is 36.3 Å². The number of hydrogen-bond donors (Lipinski definition) is 1. The van der Waals surface area contributed by atoms with Crippen LogP contribution in [0.5, 0.6) is 0 Å². The fourth-order valence-electron chi connectivity index (χ4n) is 4.23. The fraction of sp³-hybridized carbons (Fsp3) is 0.423. The van der Waals surface area contributed by atoms with Crippen LogP contribution in [0.4, 0.5) is 0 Å². The van der Waals surface area contributed by atoms with Gasteiger partial charge in [-0.2, -0.15) is 16.7 Å². The number of benzene rings is 2. The lowest BCUT2D eigenvalue weighted by Crippen LogP contribution is -2.43. The van der Waals surface area contributed by atoms with Gasteiger partial charge < -0.3 is 9.84 Å². The zero-order valence-electron chi connectivity index (χ0n) is 19.8. The Labute approximate surface area is 220 Å². The fourth-order valence-corrected chi connectivity index (χ4v) is 5.63. The van der Waals surface area contributed by atoms with E-state index in [1.165, 1.54) is 11.1 Å². The topological polar surface area (TPSA) is 71.3 Å². The highest BCUT2D eigenvalue weighted by molar-refractivity contribution is 7.98. The van der Waals surface area contributed by atoms with E-state index in [0.717, 1.165) is 37.3 Å². The number of aromatic nitrogens is 2. The van der Waals surface area contributed by atoms with Gasteiger partial charge in [-0.1, -0.05) is 58.2 Å². The van der Waals surface area contributed by atoms with E-state index < -0.39 is 0 Å². The first-order valence-corrected chi connectivity index (χ1v) is 13.8. The van der Waals surface area contributed by atoms with Crippen molar-refractivity contribution in [2.45, 2.75) is 38.5 Å². The molecular formula is C26H30Cl2N4O2S. The molecule has 4 rings (SSSR count). The van der Waals surface area contributed by atoms with Crippen LogP contribution >= 0.6 is 35.0 Å². The Balaban J connectivity index is 1.18. The zero-order valence-corrected chi connectivity index (χ0v) is 22.1. The first-order chi connectivity index (χ1) is 17.0. The zero-order chi connectivity index (χ0) is 24.6. The Hall–Kier alpha value is -2.06. The molecule has 1 aliphatic rings. The van der Waals surface area contributed by atoms with Crippen molar-refractivity contribution in [1.29, 1.82) is 0 Å². The number of aryl methyl sites for hydroxylation is 1. The molecule has 1 unspecified atom stereocenters. The molecule has 9 heteroatoms. The number of hydrogen-bond acceptors (Lipinski definition) is 6. The number of piperidine rings is 1. The van der Waals surface area contributed by atoms with E-state index in [-0.39, 0.29) is 11.8 Å². The van der Waals surface area contributed by atoms with E-state index in [4.69, 9.17) is 27.7 Å². The van der Waals surface area contributed by atoms with Crippen molar-refractivity contribution in [3.05, 3.63) is 69.5 Å². The van der Waals surface area contributed by atoms with Gasteiger partial charge in [-0.05, 0) is 62.2 Å². The Bertz CT molecular complexity index is 1140. The number of thioether (sulfide) groups is 1. The van der Waals surface area contributed by atoms with E-state index in [0.29, 0.717) is 47.0 Å². The number of likely N-dealkylation sites (tertiary alicyclic amines) is 1. The Morgan fingerprint density at radius 3 is 2.97 bits per heavy atom. The second-order valence-corrected chi connectivity index (χ2v) is 10.8. The molecule has 1 saturated heterocycles. The lowest BCUT2D eigenvalue weighted by atomic mass is 9.97. The third kappa shape index (κ3) is 7.71. The Morgan fingerprint density at radius 1 is 1.26 bits per heavy atom. The minimum absolute atomic E-state index is 0.0169. The third-order valence-corrected chi connectivity index (χ3v) is 7.65. The summed E-state index contributed by atoms with van der Waals surface area (Å²) in [5.41, 5.74) is 3.33. The van der Waals surface area contributed by atoms with Gasteiger partial charge >= 0.3 is 0 Å². The van der Waals surface area contributed by atoms with Crippen molar-refractivity contribution in [1.82, 2.24) is 20.4 Å². The van der Waals surface area contributed by atoms with Crippen molar-refractivity contribution in [3.8, 4) is 11.4 Å². The number of halogens is 2. The second-order valence-electron chi connectivity index (χ2n) is 8.90. The molecule has 1 fully saturated rings. The van der Waals surface area contributed by atoms with Crippen LogP contribution in [-0.4, -0.2) is 46.3 Å². The average Bonchev–Trinajstić information content (AvgIpc) is 3.29. The smallest absolute Gasteiger partial charge is 0.241 e. The molecule has 1 N–H and O–H groups in total. The molecule has 6 nitrogen and oxygen atoms in total.